The van der Waals surface area contributed by atoms with Crippen LogP contribution in [0.25, 0.3) is 11.2 Å². The zero-order chi connectivity index (χ0) is 29.0. The fourth-order valence-corrected chi connectivity index (χ4v) is 4.68. The third-order valence-corrected chi connectivity index (χ3v) is 6.47. The van der Waals surface area contributed by atoms with Gasteiger partial charge >= 0.3 is 5.97 Å². The Morgan fingerprint density at radius 1 is 1.15 bits per heavy atom. The van der Waals surface area contributed by atoms with Crippen molar-refractivity contribution < 1.29 is 33.7 Å². The highest BCUT2D eigenvalue weighted by Crippen LogP contribution is 2.34. The van der Waals surface area contributed by atoms with E-state index in [1.54, 1.807) is 40.8 Å². The van der Waals surface area contributed by atoms with E-state index in [0.29, 0.717) is 22.7 Å². The molecule has 3 heterocycles. The quantitative estimate of drug-likeness (QED) is 0.287. The van der Waals surface area contributed by atoms with Crippen LogP contribution in [-0.4, -0.2) is 94.5 Å². The highest BCUT2D eigenvalue weighted by atomic mass is 16.6. The lowest BCUT2D eigenvalue weighted by atomic mass is 10.0. The molecule has 14 nitrogen and oxygen atoms in total. The zero-order valence-electron chi connectivity index (χ0n) is 22.9. The topological polar surface area (TPSA) is 170 Å². The van der Waals surface area contributed by atoms with Crippen LogP contribution in [0.15, 0.2) is 36.9 Å². The molecule has 0 bridgehead atoms. The molecule has 4 rings (SSSR count). The van der Waals surface area contributed by atoms with E-state index in [1.165, 1.54) is 26.5 Å². The van der Waals surface area contributed by atoms with Crippen molar-refractivity contribution in [2.24, 2.45) is 0 Å². The molecular weight excluding hydrogens is 522 g/mol. The second kappa shape index (κ2) is 12.3. The summed E-state index contributed by atoms with van der Waals surface area (Å²) >= 11 is 0. The normalized spacial score (nSPS) is 21.1. The van der Waals surface area contributed by atoms with Crippen molar-refractivity contribution in [1.29, 1.82) is 0 Å². The first-order valence-corrected chi connectivity index (χ1v) is 12.6. The van der Waals surface area contributed by atoms with Crippen LogP contribution in [0.1, 0.15) is 25.6 Å². The number of aliphatic hydroxyl groups is 1. The van der Waals surface area contributed by atoms with Crippen LogP contribution in [0.5, 0.6) is 5.75 Å². The number of benzene rings is 1. The fourth-order valence-electron chi connectivity index (χ4n) is 4.68. The van der Waals surface area contributed by atoms with Gasteiger partial charge in [0.25, 0.3) is 0 Å². The SMILES string of the molecule is COc1ccc(C[C@@H](NC(C)=O)C(=O)NC2C(CO)OC(n3cnc4c(N(C)C)ncnc43)C2OC(C)=O)cc1. The van der Waals surface area contributed by atoms with Crippen LogP contribution < -0.4 is 20.3 Å². The van der Waals surface area contributed by atoms with E-state index in [-0.39, 0.29) is 6.42 Å². The zero-order valence-corrected chi connectivity index (χ0v) is 22.9. The van der Waals surface area contributed by atoms with Crippen LogP contribution in [0, 0.1) is 0 Å². The van der Waals surface area contributed by atoms with Crippen molar-refractivity contribution in [3.05, 3.63) is 42.5 Å². The Hall–Kier alpha value is -4.30. The molecule has 1 saturated heterocycles. The monoisotopic (exact) mass is 555 g/mol. The third kappa shape index (κ3) is 6.13. The van der Waals surface area contributed by atoms with Gasteiger partial charge in [0.2, 0.25) is 11.8 Å². The van der Waals surface area contributed by atoms with E-state index in [9.17, 15) is 19.5 Å². The van der Waals surface area contributed by atoms with E-state index >= 15 is 0 Å². The van der Waals surface area contributed by atoms with E-state index in [0.717, 1.165) is 5.56 Å². The Bertz CT molecular complexity index is 1360. The van der Waals surface area contributed by atoms with Gasteiger partial charge in [-0.3, -0.25) is 19.0 Å². The highest BCUT2D eigenvalue weighted by molar-refractivity contribution is 5.87. The summed E-state index contributed by atoms with van der Waals surface area (Å²) in [5.74, 6) is -0.315. The number of nitrogens with zero attached hydrogens (tertiary/aromatic N) is 5. The van der Waals surface area contributed by atoms with Crippen molar-refractivity contribution in [2.45, 2.75) is 50.8 Å². The first kappa shape index (κ1) is 28.7. The summed E-state index contributed by atoms with van der Waals surface area (Å²) in [5, 5.41) is 15.7. The minimum absolute atomic E-state index is 0.185. The van der Waals surface area contributed by atoms with Gasteiger partial charge in [0.05, 0.1) is 26.1 Å². The van der Waals surface area contributed by atoms with Crippen LogP contribution in [0.4, 0.5) is 5.82 Å². The van der Waals surface area contributed by atoms with E-state index in [1.807, 2.05) is 14.1 Å². The summed E-state index contributed by atoms with van der Waals surface area (Å²) in [6.07, 6.45) is 0.0894. The first-order chi connectivity index (χ1) is 19.1. The fraction of sp³-hybridized carbons (Fsp3) is 0.462. The molecule has 40 heavy (non-hydrogen) atoms. The summed E-state index contributed by atoms with van der Waals surface area (Å²) in [5.41, 5.74) is 1.70. The summed E-state index contributed by atoms with van der Waals surface area (Å²) < 4.78 is 18.5. The van der Waals surface area contributed by atoms with Gasteiger partial charge in [0.1, 0.15) is 24.2 Å². The number of methoxy groups -OCH3 is 1. The van der Waals surface area contributed by atoms with Crippen molar-refractivity contribution in [2.75, 3.05) is 32.7 Å². The maximum absolute atomic E-state index is 13.5. The predicted octanol–water partition coefficient (Wildman–Crippen LogP) is -0.0455. The Morgan fingerprint density at radius 2 is 1.88 bits per heavy atom. The third-order valence-electron chi connectivity index (χ3n) is 6.47. The van der Waals surface area contributed by atoms with E-state index in [4.69, 9.17) is 14.2 Å². The second-order valence-electron chi connectivity index (χ2n) is 9.58. The summed E-state index contributed by atoms with van der Waals surface area (Å²) in [7, 11) is 5.19. The molecule has 1 aliphatic heterocycles. The maximum Gasteiger partial charge on any atom is 0.303 e. The number of anilines is 1. The molecular formula is C26H33N7O7. The van der Waals surface area contributed by atoms with Gasteiger partial charge < -0.3 is 34.9 Å². The molecule has 0 radical (unpaired) electrons. The van der Waals surface area contributed by atoms with Gasteiger partial charge in [-0.1, -0.05) is 12.1 Å². The molecule has 0 spiro atoms. The number of esters is 1. The molecule has 0 saturated carbocycles. The number of hydrogen-bond acceptors (Lipinski definition) is 11. The van der Waals surface area contributed by atoms with Crippen molar-refractivity contribution >= 4 is 34.8 Å². The lowest BCUT2D eigenvalue weighted by Gasteiger charge is -2.27. The van der Waals surface area contributed by atoms with Crippen LogP contribution in [0.3, 0.4) is 0 Å². The van der Waals surface area contributed by atoms with Gasteiger partial charge in [0.15, 0.2) is 29.3 Å². The minimum Gasteiger partial charge on any atom is -0.497 e. The number of hydrogen-bond donors (Lipinski definition) is 3. The molecule has 14 heteroatoms. The molecule has 1 fully saturated rings. The lowest BCUT2D eigenvalue weighted by Crippen LogP contribution is -2.56. The number of fused-ring (bicyclic) bond motifs is 1. The molecule has 0 aliphatic carbocycles. The van der Waals surface area contributed by atoms with Crippen molar-refractivity contribution in [3.63, 3.8) is 0 Å². The smallest absolute Gasteiger partial charge is 0.303 e. The number of nitrogens with one attached hydrogen (secondary N) is 2. The Labute approximate surface area is 230 Å². The highest BCUT2D eigenvalue weighted by Gasteiger charge is 2.49. The Kier molecular flexibility index (Phi) is 8.80. The summed E-state index contributed by atoms with van der Waals surface area (Å²) in [4.78, 5) is 52.4. The van der Waals surface area contributed by atoms with Gasteiger partial charge in [0, 0.05) is 34.4 Å². The Balaban J connectivity index is 1.63. The summed E-state index contributed by atoms with van der Waals surface area (Å²) in [6, 6.07) is 5.20. The molecule has 1 aromatic carbocycles. The second-order valence-corrected chi connectivity index (χ2v) is 9.58. The average molecular weight is 556 g/mol. The molecule has 2 aromatic heterocycles. The van der Waals surface area contributed by atoms with Crippen molar-refractivity contribution in [3.8, 4) is 5.75 Å². The number of aromatic nitrogens is 4. The number of carbonyl (C=O) groups is 3. The molecule has 4 unspecified atom stereocenters. The summed E-state index contributed by atoms with van der Waals surface area (Å²) in [6.45, 7) is 2.08. The van der Waals surface area contributed by atoms with Crippen LogP contribution >= 0.6 is 0 Å². The average Bonchev–Trinajstić information content (AvgIpc) is 3.49. The van der Waals surface area contributed by atoms with Gasteiger partial charge in [-0.15, -0.1) is 0 Å². The molecule has 3 N–H and O–H groups in total. The number of amides is 2. The maximum atomic E-state index is 13.5. The minimum atomic E-state index is -1.05. The molecule has 1 aliphatic rings. The number of aliphatic hydroxyl groups excluding tert-OH is 1. The predicted molar refractivity (Wildman–Crippen MR) is 142 cm³/mol. The van der Waals surface area contributed by atoms with Crippen LogP contribution in [-0.2, 0) is 30.3 Å². The van der Waals surface area contributed by atoms with Gasteiger partial charge in [-0.2, -0.15) is 0 Å². The van der Waals surface area contributed by atoms with E-state index in [2.05, 4.69) is 25.6 Å². The number of ether oxygens (including phenoxy) is 3. The Morgan fingerprint density at radius 3 is 2.48 bits per heavy atom. The number of rotatable bonds is 10. The molecule has 5 atom stereocenters. The molecule has 214 valence electrons. The molecule has 2 amide bonds. The number of carbonyl (C=O) groups excluding carboxylic acids is 3. The van der Waals surface area contributed by atoms with Gasteiger partial charge in [-0.05, 0) is 17.7 Å². The molecule has 3 aromatic rings. The first-order valence-electron chi connectivity index (χ1n) is 12.6. The largest absolute Gasteiger partial charge is 0.497 e. The standard InChI is InChI=1S/C26H33N7O7/c1-14(35)30-18(10-16-6-8-17(38-5)9-7-16)25(37)31-20-19(11-34)40-26(22(20)39-15(2)36)33-13-29-21-23(32(3)4)27-12-28-24(21)33/h6-9,12-13,18-20,22,26,34H,10-11H2,1-5H3,(H,30,35)(H,31,37)/t18-,19?,20?,22?,26?/m1/s1. The van der Waals surface area contributed by atoms with Crippen molar-refractivity contribution in [1.82, 2.24) is 30.2 Å². The lowest BCUT2D eigenvalue weighted by molar-refractivity contribution is -0.153. The van der Waals surface area contributed by atoms with E-state index < -0.39 is 54.9 Å². The van der Waals surface area contributed by atoms with Gasteiger partial charge in [-0.25, -0.2) is 15.0 Å². The van der Waals surface area contributed by atoms with Crippen LogP contribution in [0.2, 0.25) is 0 Å². The number of imidazole rings is 1.